The van der Waals surface area contributed by atoms with Crippen LogP contribution in [0.25, 0.3) is 0 Å². The molecule has 1 saturated heterocycles. The summed E-state index contributed by atoms with van der Waals surface area (Å²) in [6.45, 7) is 5.98. The number of nitro benzene ring substituents is 1. The molecule has 0 spiro atoms. The van der Waals surface area contributed by atoms with E-state index in [1.807, 2.05) is 25.1 Å². The third-order valence-corrected chi connectivity index (χ3v) is 11.7. The predicted molar refractivity (Wildman–Crippen MR) is 149 cm³/mol. The van der Waals surface area contributed by atoms with Gasteiger partial charge in [-0.25, -0.2) is 8.42 Å². The Hall–Kier alpha value is -2.65. The third kappa shape index (κ3) is 4.57. The number of benzene rings is 2. The Morgan fingerprint density at radius 3 is 2.08 bits per heavy atom. The molecule has 5 fully saturated rings. The van der Waals surface area contributed by atoms with Crippen molar-refractivity contribution in [3.63, 3.8) is 0 Å². The Morgan fingerprint density at radius 1 is 0.947 bits per heavy atom. The summed E-state index contributed by atoms with van der Waals surface area (Å²) in [7, 11) is -3.54. The van der Waals surface area contributed by atoms with Crippen LogP contribution in [0, 0.1) is 40.2 Å². The first-order valence-corrected chi connectivity index (χ1v) is 15.4. The zero-order chi connectivity index (χ0) is 26.7. The molecule has 4 saturated carbocycles. The molecule has 4 aliphatic carbocycles. The van der Waals surface area contributed by atoms with E-state index < -0.39 is 10.0 Å². The van der Waals surface area contributed by atoms with Crippen LogP contribution in [0.2, 0.25) is 0 Å². The van der Waals surface area contributed by atoms with Crippen LogP contribution in [-0.2, 0) is 10.0 Å². The van der Waals surface area contributed by atoms with Crippen LogP contribution in [0.4, 0.5) is 17.1 Å². The molecule has 0 unspecified atom stereocenters. The number of rotatable bonds is 7. The van der Waals surface area contributed by atoms with Gasteiger partial charge in [-0.3, -0.25) is 10.1 Å². The molecule has 0 radical (unpaired) electrons. The van der Waals surface area contributed by atoms with Gasteiger partial charge in [0.1, 0.15) is 5.69 Å². The summed E-state index contributed by atoms with van der Waals surface area (Å²) in [5, 5.41) is 15.5. The fourth-order valence-corrected chi connectivity index (χ4v) is 9.56. The van der Waals surface area contributed by atoms with Crippen molar-refractivity contribution in [2.45, 2.75) is 63.3 Å². The fraction of sp³-hybridized carbons (Fsp3) is 0.586. The maximum atomic E-state index is 13.1. The number of nitro groups is 1. The highest BCUT2D eigenvalue weighted by atomic mass is 32.2. The van der Waals surface area contributed by atoms with Crippen molar-refractivity contribution in [2.24, 2.45) is 23.2 Å². The van der Waals surface area contributed by atoms with Gasteiger partial charge in [-0.2, -0.15) is 4.31 Å². The van der Waals surface area contributed by atoms with Crippen molar-refractivity contribution < 1.29 is 13.3 Å². The molecule has 4 bridgehead atoms. The molecule has 1 N–H and O–H groups in total. The molecule has 2 aromatic carbocycles. The minimum Gasteiger partial charge on any atom is -0.376 e. The molecule has 1 atom stereocenters. The number of anilines is 2. The lowest BCUT2D eigenvalue weighted by atomic mass is 9.48. The van der Waals surface area contributed by atoms with E-state index in [9.17, 15) is 18.5 Å². The highest BCUT2D eigenvalue weighted by molar-refractivity contribution is 7.89. The Morgan fingerprint density at radius 2 is 1.53 bits per heavy atom. The number of nitrogens with one attached hydrogen (secondary N) is 1. The van der Waals surface area contributed by atoms with Gasteiger partial charge >= 0.3 is 0 Å². The van der Waals surface area contributed by atoms with Crippen LogP contribution < -0.4 is 10.2 Å². The van der Waals surface area contributed by atoms with E-state index in [0.717, 1.165) is 29.0 Å². The summed E-state index contributed by atoms with van der Waals surface area (Å²) >= 11 is 0. The fourth-order valence-electron chi connectivity index (χ4n) is 8.14. The molecule has 5 aliphatic rings. The Labute approximate surface area is 225 Å². The van der Waals surface area contributed by atoms with E-state index in [2.05, 4.69) is 17.1 Å². The van der Waals surface area contributed by atoms with Gasteiger partial charge in [-0.05, 0) is 99.8 Å². The van der Waals surface area contributed by atoms with Gasteiger partial charge in [-0.15, -0.1) is 0 Å². The molecular weight excluding hydrogens is 500 g/mol. The predicted octanol–water partition coefficient (Wildman–Crippen LogP) is 5.43. The van der Waals surface area contributed by atoms with Gasteiger partial charge in [0.05, 0.1) is 9.82 Å². The number of sulfonamides is 1. The first-order chi connectivity index (χ1) is 18.1. The van der Waals surface area contributed by atoms with E-state index in [1.54, 1.807) is 24.3 Å². The molecule has 0 aromatic heterocycles. The molecule has 204 valence electrons. The Kier molecular flexibility index (Phi) is 6.42. The van der Waals surface area contributed by atoms with Crippen molar-refractivity contribution in [2.75, 3.05) is 36.4 Å². The topological polar surface area (TPSA) is 95.8 Å². The van der Waals surface area contributed by atoms with Crippen LogP contribution in [0.5, 0.6) is 0 Å². The van der Waals surface area contributed by atoms with Crippen molar-refractivity contribution in [1.82, 2.24) is 4.31 Å². The van der Waals surface area contributed by atoms with E-state index in [1.165, 1.54) is 42.8 Å². The molecule has 8 nitrogen and oxygen atoms in total. The standard InChI is InChI=1S/C29H38N4O4S/c1-20-3-6-26(7-4-20)38(36,37)32-11-9-31(10-12-32)25-5-8-28(33(34)35)27(16-25)30-21(2)29-17-22-13-23(18-29)15-24(14-22)19-29/h3-8,16,21-24,30H,9-15,17-19H2,1-2H3/t21-,22?,23?,24?,29?/m0/s1. The Bertz CT molecular complexity index is 1280. The van der Waals surface area contributed by atoms with Crippen molar-refractivity contribution in [3.8, 4) is 0 Å². The molecule has 2 aromatic rings. The van der Waals surface area contributed by atoms with Crippen molar-refractivity contribution in [3.05, 3.63) is 58.1 Å². The minimum atomic E-state index is -3.54. The largest absolute Gasteiger partial charge is 0.376 e. The van der Waals surface area contributed by atoms with Crippen LogP contribution >= 0.6 is 0 Å². The molecule has 9 heteroatoms. The second-order valence-corrected chi connectivity index (χ2v) is 14.2. The molecule has 38 heavy (non-hydrogen) atoms. The van der Waals surface area contributed by atoms with Gasteiger partial charge in [-0.1, -0.05) is 17.7 Å². The molecule has 7 rings (SSSR count). The average molecular weight is 539 g/mol. The lowest BCUT2D eigenvalue weighted by Gasteiger charge is -2.59. The SMILES string of the molecule is Cc1ccc(S(=O)(=O)N2CCN(c3ccc([N+](=O)[O-])c(N[C@@H](C)C45CC6CC(CC(C6)C4)C5)c3)CC2)cc1. The zero-order valence-corrected chi connectivity index (χ0v) is 23.1. The summed E-state index contributed by atoms with van der Waals surface area (Å²) in [4.78, 5) is 14.1. The van der Waals surface area contributed by atoms with E-state index in [4.69, 9.17) is 0 Å². The van der Waals surface area contributed by atoms with Crippen LogP contribution in [0.1, 0.15) is 51.0 Å². The lowest BCUT2D eigenvalue weighted by molar-refractivity contribution is -0.384. The van der Waals surface area contributed by atoms with Gasteiger partial charge in [0.2, 0.25) is 10.0 Å². The average Bonchev–Trinajstić information content (AvgIpc) is 2.88. The van der Waals surface area contributed by atoms with Crippen LogP contribution in [0.3, 0.4) is 0 Å². The summed E-state index contributed by atoms with van der Waals surface area (Å²) in [5.74, 6) is 2.46. The van der Waals surface area contributed by atoms with Gasteiger partial charge in [0.15, 0.2) is 0 Å². The number of aryl methyl sites for hydroxylation is 1. The summed E-state index contributed by atoms with van der Waals surface area (Å²) in [6, 6.07) is 12.4. The van der Waals surface area contributed by atoms with Crippen molar-refractivity contribution >= 4 is 27.1 Å². The summed E-state index contributed by atoms with van der Waals surface area (Å²) in [6.07, 6.45) is 7.81. The second-order valence-electron chi connectivity index (χ2n) is 12.3. The second kappa shape index (κ2) is 9.52. The quantitative estimate of drug-likeness (QED) is 0.373. The number of piperazine rings is 1. The molecule has 1 aliphatic heterocycles. The monoisotopic (exact) mass is 538 g/mol. The number of hydrogen-bond acceptors (Lipinski definition) is 6. The third-order valence-electron chi connectivity index (χ3n) is 9.82. The van der Waals surface area contributed by atoms with Gasteiger partial charge in [0, 0.05) is 44.0 Å². The summed E-state index contributed by atoms with van der Waals surface area (Å²) in [5.41, 5.74) is 2.82. The first kappa shape index (κ1) is 25.6. The van der Waals surface area contributed by atoms with Crippen LogP contribution in [-0.4, -0.2) is 49.9 Å². The minimum absolute atomic E-state index is 0.103. The van der Waals surface area contributed by atoms with Gasteiger partial charge < -0.3 is 10.2 Å². The number of nitrogens with zero attached hydrogens (tertiary/aromatic N) is 3. The summed E-state index contributed by atoms with van der Waals surface area (Å²) < 4.78 is 27.8. The van der Waals surface area contributed by atoms with E-state index in [0.29, 0.717) is 36.8 Å². The van der Waals surface area contributed by atoms with E-state index >= 15 is 0 Å². The highest BCUT2D eigenvalue weighted by Crippen LogP contribution is 2.61. The van der Waals surface area contributed by atoms with Crippen molar-refractivity contribution in [1.29, 1.82) is 0 Å². The highest BCUT2D eigenvalue weighted by Gasteiger charge is 2.53. The van der Waals surface area contributed by atoms with Crippen LogP contribution in [0.15, 0.2) is 47.4 Å². The number of hydrogen-bond donors (Lipinski definition) is 1. The maximum Gasteiger partial charge on any atom is 0.292 e. The van der Waals surface area contributed by atoms with Gasteiger partial charge in [0.25, 0.3) is 5.69 Å². The Balaban J connectivity index is 1.18. The zero-order valence-electron chi connectivity index (χ0n) is 22.3. The first-order valence-electron chi connectivity index (χ1n) is 14.0. The van der Waals surface area contributed by atoms with E-state index in [-0.39, 0.29) is 22.1 Å². The normalized spacial score (nSPS) is 29.8. The smallest absolute Gasteiger partial charge is 0.292 e. The maximum absolute atomic E-state index is 13.1. The molecular formula is C29H38N4O4S. The molecule has 1 heterocycles. The lowest BCUT2D eigenvalue weighted by Crippen LogP contribution is -2.53. The molecule has 0 amide bonds.